The minimum atomic E-state index is -0.960. The van der Waals surface area contributed by atoms with Crippen LogP contribution in [0.4, 0.5) is 26.0 Å². The summed E-state index contributed by atoms with van der Waals surface area (Å²) in [6, 6.07) is 17.2. The lowest BCUT2D eigenvalue weighted by atomic mass is 10.2. The molecule has 30 heavy (non-hydrogen) atoms. The third kappa shape index (κ3) is 4.36. The number of aromatic nitrogens is 2. The number of nitrogens with zero attached hydrogens (tertiary/aromatic N) is 3. The molecule has 0 atom stereocenters. The third-order valence-electron chi connectivity index (χ3n) is 4.25. The minimum Gasteiger partial charge on any atom is -0.339 e. The number of nitro groups is 1. The molecule has 0 saturated carbocycles. The lowest BCUT2D eigenvalue weighted by Gasteiger charge is -2.11. The molecule has 0 aliphatic carbocycles. The van der Waals surface area contributed by atoms with Crippen LogP contribution in [-0.2, 0) is 5.75 Å². The van der Waals surface area contributed by atoms with Crippen LogP contribution >= 0.6 is 11.8 Å². The number of halogens is 2. The summed E-state index contributed by atoms with van der Waals surface area (Å²) in [7, 11) is 0. The summed E-state index contributed by atoms with van der Waals surface area (Å²) < 4.78 is 26.8. The van der Waals surface area contributed by atoms with Gasteiger partial charge in [-0.05, 0) is 29.8 Å². The standard InChI is InChI=1S/C21H14F2N4O2S/c22-17-9-8-14(11-18(17)23)24-20-16-6-1-2-7-19(16)25-21(26-20)30-12-13-4-3-5-15(10-13)27(28)29/h1-11H,12H2,(H,24,25,26). The zero-order valence-electron chi connectivity index (χ0n) is 15.4. The van der Waals surface area contributed by atoms with Gasteiger partial charge in [-0.2, -0.15) is 0 Å². The van der Waals surface area contributed by atoms with Crippen LogP contribution in [0.2, 0.25) is 0 Å². The molecule has 0 aliphatic heterocycles. The molecule has 0 saturated heterocycles. The van der Waals surface area contributed by atoms with E-state index in [9.17, 15) is 18.9 Å². The predicted molar refractivity (Wildman–Crippen MR) is 112 cm³/mol. The molecule has 0 bridgehead atoms. The fraction of sp³-hybridized carbons (Fsp3) is 0.0476. The molecular formula is C21H14F2N4O2S. The van der Waals surface area contributed by atoms with Crippen molar-refractivity contribution in [2.75, 3.05) is 5.32 Å². The van der Waals surface area contributed by atoms with E-state index in [0.717, 1.165) is 23.1 Å². The average Bonchev–Trinajstić information content (AvgIpc) is 2.75. The Hall–Kier alpha value is -3.59. The van der Waals surface area contributed by atoms with E-state index in [4.69, 9.17) is 0 Å². The molecule has 4 aromatic rings. The summed E-state index contributed by atoms with van der Waals surface area (Å²) in [4.78, 5) is 19.5. The highest BCUT2D eigenvalue weighted by molar-refractivity contribution is 7.98. The first-order valence-electron chi connectivity index (χ1n) is 8.84. The molecule has 0 spiro atoms. The molecule has 3 aromatic carbocycles. The van der Waals surface area contributed by atoms with Gasteiger partial charge in [0.2, 0.25) is 0 Å². The SMILES string of the molecule is O=[N+]([O-])c1cccc(CSc2nc(Nc3ccc(F)c(F)c3)c3ccccc3n2)c1. The number of anilines is 2. The molecule has 150 valence electrons. The van der Waals surface area contributed by atoms with Gasteiger partial charge < -0.3 is 5.32 Å². The molecule has 0 fully saturated rings. The van der Waals surface area contributed by atoms with Gasteiger partial charge in [0.05, 0.1) is 10.4 Å². The van der Waals surface area contributed by atoms with Crippen molar-refractivity contribution < 1.29 is 13.7 Å². The molecule has 0 amide bonds. The van der Waals surface area contributed by atoms with Crippen LogP contribution in [0, 0.1) is 21.7 Å². The highest BCUT2D eigenvalue weighted by Crippen LogP contribution is 2.29. The summed E-state index contributed by atoms with van der Waals surface area (Å²) in [5.74, 6) is -1.00. The van der Waals surface area contributed by atoms with Crippen LogP contribution in [0.15, 0.2) is 71.9 Å². The van der Waals surface area contributed by atoms with Crippen LogP contribution in [0.25, 0.3) is 10.9 Å². The average molecular weight is 424 g/mol. The van der Waals surface area contributed by atoms with Gasteiger partial charge in [0.1, 0.15) is 5.82 Å². The zero-order valence-corrected chi connectivity index (χ0v) is 16.2. The number of nitro benzene ring substituents is 1. The van der Waals surface area contributed by atoms with E-state index in [1.54, 1.807) is 12.1 Å². The summed E-state index contributed by atoms with van der Waals surface area (Å²) >= 11 is 1.32. The van der Waals surface area contributed by atoms with Gasteiger partial charge in [-0.1, -0.05) is 36.0 Å². The number of rotatable bonds is 6. The molecule has 9 heteroatoms. The van der Waals surface area contributed by atoms with Gasteiger partial charge in [-0.15, -0.1) is 0 Å². The van der Waals surface area contributed by atoms with E-state index >= 15 is 0 Å². The first-order chi connectivity index (χ1) is 14.5. The Morgan fingerprint density at radius 3 is 2.60 bits per heavy atom. The van der Waals surface area contributed by atoms with Gasteiger partial charge in [0.25, 0.3) is 5.69 Å². The Balaban J connectivity index is 1.63. The third-order valence-corrected chi connectivity index (χ3v) is 5.17. The number of nitrogens with one attached hydrogen (secondary N) is 1. The van der Waals surface area contributed by atoms with Crippen molar-refractivity contribution in [2.45, 2.75) is 10.9 Å². The normalized spacial score (nSPS) is 10.9. The van der Waals surface area contributed by atoms with Gasteiger partial charge in [-0.25, -0.2) is 18.7 Å². The van der Waals surface area contributed by atoms with Gasteiger partial charge in [0.15, 0.2) is 16.8 Å². The second-order valence-electron chi connectivity index (χ2n) is 6.34. The van der Waals surface area contributed by atoms with Crippen molar-refractivity contribution in [3.63, 3.8) is 0 Å². The number of hydrogen-bond donors (Lipinski definition) is 1. The number of hydrogen-bond acceptors (Lipinski definition) is 6. The van der Waals surface area contributed by atoms with Gasteiger partial charge in [-0.3, -0.25) is 10.1 Å². The van der Waals surface area contributed by atoms with E-state index in [0.29, 0.717) is 27.9 Å². The Bertz CT molecular complexity index is 1250. The second kappa shape index (κ2) is 8.42. The monoisotopic (exact) mass is 424 g/mol. The van der Waals surface area contributed by atoms with Gasteiger partial charge >= 0.3 is 0 Å². The van der Waals surface area contributed by atoms with Crippen molar-refractivity contribution in [1.82, 2.24) is 9.97 Å². The minimum absolute atomic E-state index is 0.0215. The summed E-state index contributed by atoms with van der Waals surface area (Å²) in [5.41, 5.74) is 1.82. The van der Waals surface area contributed by atoms with E-state index in [-0.39, 0.29) is 5.69 Å². The van der Waals surface area contributed by atoms with Crippen molar-refractivity contribution in [3.05, 3.63) is 94.0 Å². The van der Waals surface area contributed by atoms with Crippen LogP contribution in [0.5, 0.6) is 0 Å². The molecule has 0 unspecified atom stereocenters. The summed E-state index contributed by atoms with van der Waals surface area (Å²) in [6.07, 6.45) is 0. The van der Waals surface area contributed by atoms with Crippen LogP contribution in [-0.4, -0.2) is 14.9 Å². The highest BCUT2D eigenvalue weighted by atomic mass is 32.2. The topological polar surface area (TPSA) is 81.0 Å². The molecule has 1 aromatic heterocycles. The highest BCUT2D eigenvalue weighted by Gasteiger charge is 2.11. The summed E-state index contributed by atoms with van der Waals surface area (Å²) in [6.45, 7) is 0. The maximum atomic E-state index is 13.6. The first kappa shape index (κ1) is 19.7. The van der Waals surface area contributed by atoms with Crippen LogP contribution < -0.4 is 5.32 Å². The van der Waals surface area contributed by atoms with E-state index in [2.05, 4.69) is 15.3 Å². The number of para-hydroxylation sites is 1. The molecule has 0 aliphatic rings. The van der Waals surface area contributed by atoms with Crippen molar-refractivity contribution in [3.8, 4) is 0 Å². The number of non-ortho nitro benzene ring substituents is 1. The Morgan fingerprint density at radius 1 is 0.967 bits per heavy atom. The lowest BCUT2D eigenvalue weighted by Crippen LogP contribution is -2.00. The molecule has 1 N–H and O–H groups in total. The fourth-order valence-corrected chi connectivity index (χ4v) is 3.63. The first-order valence-corrected chi connectivity index (χ1v) is 9.83. The Labute approximate surface area is 174 Å². The molecular weight excluding hydrogens is 410 g/mol. The summed E-state index contributed by atoms with van der Waals surface area (Å²) in [5, 5.41) is 15.1. The Morgan fingerprint density at radius 2 is 1.80 bits per heavy atom. The van der Waals surface area contributed by atoms with Gasteiger partial charge in [0, 0.05) is 35.0 Å². The van der Waals surface area contributed by atoms with Crippen molar-refractivity contribution >= 4 is 39.9 Å². The number of benzene rings is 3. The number of fused-ring (bicyclic) bond motifs is 1. The smallest absolute Gasteiger partial charge is 0.269 e. The van der Waals surface area contributed by atoms with Crippen LogP contribution in [0.1, 0.15) is 5.56 Å². The second-order valence-corrected chi connectivity index (χ2v) is 7.28. The zero-order chi connectivity index (χ0) is 21.1. The molecule has 1 heterocycles. The molecule has 0 radical (unpaired) electrons. The quantitative estimate of drug-likeness (QED) is 0.181. The number of thioether (sulfide) groups is 1. The Kier molecular flexibility index (Phi) is 5.53. The lowest BCUT2D eigenvalue weighted by molar-refractivity contribution is -0.384. The molecule has 6 nitrogen and oxygen atoms in total. The van der Waals surface area contributed by atoms with E-state index in [1.807, 2.05) is 24.3 Å². The maximum absolute atomic E-state index is 13.6. The fourth-order valence-electron chi connectivity index (χ4n) is 2.83. The molecule has 4 rings (SSSR count). The van der Waals surface area contributed by atoms with E-state index in [1.165, 1.54) is 30.0 Å². The predicted octanol–water partition coefficient (Wildman–Crippen LogP) is 5.85. The largest absolute Gasteiger partial charge is 0.339 e. The van der Waals surface area contributed by atoms with Crippen molar-refractivity contribution in [1.29, 1.82) is 0 Å². The van der Waals surface area contributed by atoms with Crippen molar-refractivity contribution in [2.24, 2.45) is 0 Å². The van der Waals surface area contributed by atoms with E-state index < -0.39 is 16.6 Å². The maximum Gasteiger partial charge on any atom is 0.269 e. The van der Waals surface area contributed by atoms with Crippen LogP contribution in [0.3, 0.4) is 0 Å².